The van der Waals surface area contributed by atoms with Gasteiger partial charge in [0.2, 0.25) is 0 Å². The number of ether oxygens (including phenoxy) is 1. The normalized spacial score (nSPS) is 19.3. The number of hydrogen-bond donors (Lipinski definition) is 3. The van der Waals surface area contributed by atoms with E-state index in [2.05, 4.69) is 6.92 Å². The van der Waals surface area contributed by atoms with Crippen LogP contribution in [0.1, 0.15) is 88.2 Å². The number of nitrogens with two attached hydrogens (primary N) is 1. The van der Waals surface area contributed by atoms with E-state index in [1.165, 1.54) is 0 Å². The molecule has 2 atom stereocenters. The van der Waals surface area contributed by atoms with Crippen molar-refractivity contribution in [3.8, 4) is 17.2 Å². The first-order valence-electron chi connectivity index (χ1n) is 14.5. The summed E-state index contributed by atoms with van der Waals surface area (Å²) in [5.74, 6) is -3.75. The Balaban J connectivity index is 1.44. The number of unbranched alkanes of at least 4 members (excludes halogenated alkanes) is 6. The van der Waals surface area contributed by atoms with Crippen LogP contribution >= 0.6 is 0 Å². The van der Waals surface area contributed by atoms with E-state index in [0.717, 1.165) is 54.0 Å². The number of phenols is 2. The second-order valence-electron chi connectivity index (χ2n) is 11.5. The van der Waals surface area contributed by atoms with Crippen molar-refractivity contribution in [2.45, 2.75) is 94.6 Å². The van der Waals surface area contributed by atoms with Crippen LogP contribution in [0, 0.1) is 0 Å². The minimum Gasteiger partial charge on any atom is -0.508 e. The first kappa shape index (κ1) is 34.8. The molecule has 7 nitrogen and oxygen atoms in total. The molecule has 2 aromatic rings. The Kier molecular flexibility index (Phi) is 11.7. The molecule has 2 unspecified atom stereocenters. The molecular weight excluding hydrogens is 595 g/mol. The SMILES string of the molecule is CC1(c2ccc(O)cc2)COc2cc(O)ccc2C1CCCCCCCCCN(CCCC(F)(F)C(F)(F)F)S(N)(=O)=O. The molecule has 0 spiro atoms. The van der Waals surface area contributed by atoms with Crippen molar-refractivity contribution in [2.75, 3.05) is 19.7 Å². The summed E-state index contributed by atoms with van der Waals surface area (Å²) in [7, 11) is -4.22. The van der Waals surface area contributed by atoms with Crippen molar-refractivity contribution in [3.63, 3.8) is 0 Å². The summed E-state index contributed by atoms with van der Waals surface area (Å²) in [4.78, 5) is 0. The van der Waals surface area contributed by atoms with Crippen molar-refractivity contribution in [1.82, 2.24) is 4.31 Å². The van der Waals surface area contributed by atoms with Crippen molar-refractivity contribution < 1.29 is 45.3 Å². The molecule has 0 bridgehead atoms. The molecule has 13 heteroatoms. The van der Waals surface area contributed by atoms with E-state index in [4.69, 9.17) is 9.88 Å². The van der Waals surface area contributed by atoms with Gasteiger partial charge in [-0.15, -0.1) is 0 Å². The Morgan fingerprint density at radius 1 is 0.884 bits per heavy atom. The van der Waals surface area contributed by atoms with Crippen LogP contribution in [0.5, 0.6) is 17.2 Å². The monoisotopic (exact) mass is 636 g/mol. The molecular formula is C30H41F5N2O5S. The summed E-state index contributed by atoms with van der Waals surface area (Å²) in [6.07, 6.45) is -1.29. The molecule has 0 amide bonds. The summed E-state index contributed by atoms with van der Waals surface area (Å²) in [5.41, 5.74) is 1.74. The molecule has 1 aliphatic heterocycles. The highest BCUT2D eigenvalue weighted by atomic mass is 32.2. The molecule has 0 fully saturated rings. The third-order valence-corrected chi connectivity index (χ3v) is 9.35. The lowest BCUT2D eigenvalue weighted by Crippen LogP contribution is -2.40. The van der Waals surface area contributed by atoms with Gasteiger partial charge in [-0.3, -0.25) is 0 Å². The van der Waals surface area contributed by atoms with Gasteiger partial charge in [-0.2, -0.15) is 34.7 Å². The maximum atomic E-state index is 13.1. The largest absolute Gasteiger partial charge is 0.508 e. The van der Waals surface area contributed by atoms with Gasteiger partial charge in [0.1, 0.15) is 17.2 Å². The van der Waals surface area contributed by atoms with Gasteiger partial charge in [-0.05, 0) is 48.6 Å². The molecule has 3 rings (SSSR count). The van der Waals surface area contributed by atoms with Gasteiger partial charge in [0.05, 0.1) is 6.61 Å². The number of aromatic hydroxyl groups is 2. The molecule has 0 saturated heterocycles. The van der Waals surface area contributed by atoms with Gasteiger partial charge in [-0.1, -0.05) is 63.6 Å². The second kappa shape index (κ2) is 14.4. The van der Waals surface area contributed by atoms with Crippen LogP contribution in [0.15, 0.2) is 42.5 Å². The van der Waals surface area contributed by atoms with Crippen LogP contribution in [0.3, 0.4) is 0 Å². The summed E-state index contributed by atoms with van der Waals surface area (Å²) in [6.45, 7) is 2.04. The Hall–Kier alpha value is -2.64. The Morgan fingerprint density at radius 2 is 1.44 bits per heavy atom. The zero-order valence-electron chi connectivity index (χ0n) is 24.3. The maximum Gasteiger partial charge on any atom is 0.453 e. The quantitative estimate of drug-likeness (QED) is 0.134. The molecule has 0 aliphatic carbocycles. The Labute approximate surface area is 250 Å². The highest BCUT2D eigenvalue weighted by molar-refractivity contribution is 7.86. The summed E-state index contributed by atoms with van der Waals surface area (Å²) in [6, 6.07) is 12.3. The Bertz CT molecular complexity index is 1290. The fraction of sp³-hybridized carbons (Fsp3) is 0.600. The minimum absolute atomic E-state index is 0.0367. The zero-order valence-corrected chi connectivity index (χ0v) is 25.1. The van der Waals surface area contributed by atoms with Gasteiger partial charge in [0, 0.05) is 36.9 Å². The van der Waals surface area contributed by atoms with E-state index < -0.39 is 41.7 Å². The van der Waals surface area contributed by atoms with Crippen molar-refractivity contribution in [3.05, 3.63) is 53.6 Å². The van der Waals surface area contributed by atoms with Gasteiger partial charge in [0.25, 0.3) is 10.2 Å². The van der Waals surface area contributed by atoms with Crippen molar-refractivity contribution >= 4 is 10.2 Å². The fourth-order valence-electron chi connectivity index (χ4n) is 5.71. The lowest BCUT2D eigenvalue weighted by molar-refractivity contribution is -0.284. The topological polar surface area (TPSA) is 113 Å². The lowest BCUT2D eigenvalue weighted by atomic mass is 9.66. The third kappa shape index (κ3) is 9.42. The number of fused-ring (bicyclic) bond motifs is 1. The van der Waals surface area contributed by atoms with Gasteiger partial charge >= 0.3 is 12.1 Å². The van der Waals surface area contributed by atoms with E-state index in [1.54, 1.807) is 24.3 Å². The standard InChI is InChI=1S/C30H41F5N2O5S/c1-28(22-11-13-23(38)14-12-22)21-42-27-20-24(39)15-16-25(27)26(28)10-7-5-3-2-4-6-8-18-37(43(36,40)41)19-9-17-29(31,32)30(33,34)35/h11-16,20,26,38-39H,2-10,17-19,21H2,1H3,(H2,36,40,41). The summed E-state index contributed by atoms with van der Waals surface area (Å²) in [5, 5.41) is 24.8. The van der Waals surface area contributed by atoms with Crippen LogP contribution in [0.2, 0.25) is 0 Å². The molecule has 0 aromatic heterocycles. The highest BCUT2D eigenvalue weighted by Gasteiger charge is 2.56. The van der Waals surface area contributed by atoms with Crippen LogP contribution in [-0.2, 0) is 15.6 Å². The number of rotatable bonds is 16. The summed E-state index contributed by atoms with van der Waals surface area (Å²) < 4.78 is 93.6. The molecule has 1 heterocycles. The molecule has 0 saturated carbocycles. The van der Waals surface area contributed by atoms with E-state index in [0.29, 0.717) is 25.2 Å². The smallest absolute Gasteiger partial charge is 0.453 e. The second-order valence-corrected chi connectivity index (χ2v) is 13.1. The Morgan fingerprint density at radius 3 is 2.05 bits per heavy atom. The first-order valence-corrected chi connectivity index (χ1v) is 16.0. The number of benzene rings is 2. The van der Waals surface area contributed by atoms with E-state index in [1.807, 2.05) is 18.2 Å². The maximum absolute atomic E-state index is 13.1. The highest BCUT2D eigenvalue weighted by Crippen LogP contribution is 2.49. The van der Waals surface area contributed by atoms with Crippen LogP contribution < -0.4 is 9.88 Å². The number of phenolic OH excluding ortho intramolecular Hbond substituents is 2. The van der Waals surface area contributed by atoms with Crippen molar-refractivity contribution in [2.24, 2.45) is 5.14 Å². The lowest BCUT2D eigenvalue weighted by Gasteiger charge is -2.43. The van der Waals surface area contributed by atoms with E-state index in [-0.39, 0.29) is 29.4 Å². The number of halogens is 5. The van der Waals surface area contributed by atoms with Gasteiger partial charge in [0.15, 0.2) is 0 Å². The summed E-state index contributed by atoms with van der Waals surface area (Å²) >= 11 is 0. The molecule has 1 aliphatic rings. The van der Waals surface area contributed by atoms with Crippen molar-refractivity contribution in [1.29, 1.82) is 0 Å². The molecule has 0 radical (unpaired) electrons. The van der Waals surface area contributed by atoms with Crippen LogP contribution in [-0.4, -0.2) is 54.7 Å². The minimum atomic E-state index is -5.68. The van der Waals surface area contributed by atoms with E-state index >= 15 is 0 Å². The molecule has 43 heavy (non-hydrogen) atoms. The molecule has 4 N–H and O–H groups in total. The van der Waals surface area contributed by atoms with Crippen LogP contribution in [0.25, 0.3) is 0 Å². The average Bonchev–Trinajstić information content (AvgIpc) is 2.91. The number of nitrogens with zero attached hydrogens (tertiary/aromatic N) is 1. The first-order chi connectivity index (χ1) is 20.0. The average molecular weight is 637 g/mol. The number of alkyl halides is 5. The predicted molar refractivity (Wildman–Crippen MR) is 154 cm³/mol. The zero-order chi connectivity index (χ0) is 31.9. The van der Waals surface area contributed by atoms with Gasteiger partial charge in [-0.25, -0.2) is 5.14 Å². The van der Waals surface area contributed by atoms with E-state index in [9.17, 15) is 40.6 Å². The third-order valence-electron chi connectivity index (χ3n) is 8.27. The fourth-order valence-corrected chi connectivity index (χ4v) is 6.48. The van der Waals surface area contributed by atoms with Crippen LogP contribution in [0.4, 0.5) is 22.0 Å². The molecule has 242 valence electrons. The molecule has 2 aromatic carbocycles. The number of hydrogen-bond acceptors (Lipinski definition) is 5. The van der Waals surface area contributed by atoms with Gasteiger partial charge < -0.3 is 14.9 Å². The predicted octanol–water partition coefficient (Wildman–Crippen LogP) is 7.14.